The van der Waals surface area contributed by atoms with Gasteiger partial charge in [0.15, 0.2) is 0 Å². The number of pyridine rings is 1. The van der Waals surface area contributed by atoms with Gasteiger partial charge in [-0.2, -0.15) is 0 Å². The first-order chi connectivity index (χ1) is 10.4. The molecule has 21 heavy (non-hydrogen) atoms. The molecule has 0 aromatic carbocycles. The lowest BCUT2D eigenvalue weighted by Gasteiger charge is -2.36. The molecule has 0 radical (unpaired) electrons. The van der Waals surface area contributed by atoms with Gasteiger partial charge in [-0.1, -0.05) is 50.1 Å². The van der Waals surface area contributed by atoms with Crippen LogP contribution in [0.15, 0.2) is 18.3 Å². The summed E-state index contributed by atoms with van der Waals surface area (Å²) in [6.07, 6.45) is 15.4. The minimum atomic E-state index is 0.435. The maximum atomic E-state index is 6.46. The summed E-state index contributed by atoms with van der Waals surface area (Å²) in [5.41, 5.74) is 1.12. The minimum Gasteiger partial charge on any atom is -0.292 e. The third-order valence-corrected chi connectivity index (χ3v) is 5.51. The highest BCUT2D eigenvalue weighted by Gasteiger charge is 2.30. The van der Waals surface area contributed by atoms with Crippen LogP contribution in [0.4, 0.5) is 0 Å². The van der Waals surface area contributed by atoms with Crippen LogP contribution in [-0.4, -0.2) is 22.5 Å². The third kappa shape index (κ3) is 3.78. The van der Waals surface area contributed by atoms with Crippen LogP contribution in [0.3, 0.4) is 0 Å². The molecular weight excluding hydrogens is 280 g/mol. The lowest BCUT2D eigenvalue weighted by Crippen LogP contribution is -2.38. The smallest absolute Gasteiger partial charge is 0.0761 e. The molecule has 1 unspecified atom stereocenters. The summed E-state index contributed by atoms with van der Waals surface area (Å²) in [4.78, 5) is 7.39. The predicted octanol–water partition coefficient (Wildman–Crippen LogP) is 5.37. The van der Waals surface area contributed by atoms with Gasteiger partial charge in [0.2, 0.25) is 0 Å². The van der Waals surface area contributed by atoms with Crippen molar-refractivity contribution in [3.8, 4) is 0 Å². The summed E-state index contributed by atoms with van der Waals surface area (Å²) in [6, 6.07) is 5.12. The van der Waals surface area contributed by atoms with Crippen LogP contribution in [-0.2, 0) is 0 Å². The third-order valence-electron chi connectivity index (χ3n) is 5.19. The standard InChI is InChI=1S/C18H27ClN2/c19-16-11-8-13-20-18(16)17-12-6-3-7-14-21(17)15-9-4-1-2-5-10-15/h8,11,13,15,17H,1-7,9-10,12,14H2. The van der Waals surface area contributed by atoms with Crippen molar-refractivity contribution in [2.24, 2.45) is 0 Å². The minimum absolute atomic E-state index is 0.435. The maximum Gasteiger partial charge on any atom is 0.0761 e. The number of nitrogens with zero attached hydrogens (tertiary/aromatic N) is 2. The molecule has 3 heteroatoms. The monoisotopic (exact) mass is 306 g/mol. The first-order valence-electron chi connectivity index (χ1n) is 8.72. The Kier molecular flexibility index (Phi) is 5.54. The zero-order valence-corrected chi connectivity index (χ0v) is 13.7. The maximum absolute atomic E-state index is 6.46. The van der Waals surface area contributed by atoms with Gasteiger partial charge in [0.1, 0.15) is 0 Å². The predicted molar refractivity (Wildman–Crippen MR) is 88.7 cm³/mol. The molecule has 1 aromatic rings. The molecule has 0 bridgehead atoms. The molecule has 0 spiro atoms. The molecule has 1 aromatic heterocycles. The Morgan fingerprint density at radius 3 is 2.43 bits per heavy atom. The normalized spacial score (nSPS) is 26.2. The van der Waals surface area contributed by atoms with E-state index in [1.165, 1.54) is 70.8 Å². The highest BCUT2D eigenvalue weighted by molar-refractivity contribution is 6.31. The molecule has 3 rings (SSSR count). The Balaban J connectivity index is 1.84. The van der Waals surface area contributed by atoms with Crippen molar-refractivity contribution in [3.63, 3.8) is 0 Å². The molecule has 1 aliphatic heterocycles. The van der Waals surface area contributed by atoms with Crippen molar-refractivity contribution in [1.29, 1.82) is 0 Å². The average Bonchev–Trinajstić information content (AvgIpc) is 2.90. The first kappa shape index (κ1) is 15.3. The zero-order valence-electron chi connectivity index (χ0n) is 12.9. The molecule has 1 saturated heterocycles. The van der Waals surface area contributed by atoms with E-state index in [0.29, 0.717) is 6.04 Å². The van der Waals surface area contributed by atoms with Crippen LogP contribution >= 0.6 is 11.6 Å². The highest BCUT2D eigenvalue weighted by atomic mass is 35.5. The molecule has 2 fully saturated rings. The molecule has 116 valence electrons. The Labute approximate surface area is 133 Å². The number of rotatable bonds is 2. The topological polar surface area (TPSA) is 16.1 Å². The van der Waals surface area contributed by atoms with Gasteiger partial charge >= 0.3 is 0 Å². The van der Waals surface area contributed by atoms with Gasteiger partial charge in [-0.15, -0.1) is 0 Å². The fraction of sp³-hybridized carbons (Fsp3) is 0.722. The SMILES string of the molecule is Clc1cccnc1C1CCCCCN1C1CCCCCC1. The summed E-state index contributed by atoms with van der Waals surface area (Å²) in [5, 5.41) is 0.850. The molecule has 0 amide bonds. The van der Waals surface area contributed by atoms with Gasteiger partial charge in [-0.3, -0.25) is 9.88 Å². The summed E-state index contributed by atoms with van der Waals surface area (Å²) in [6.45, 7) is 1.22. The largest absolute Gasteiger partial charge is 0.292 e. The summed E-state index contributed by atoms with van der Waals surface area (Å²) in [7, 11) is 0. The van der Waals surface area contributed by atoms with E-state index in [1.54, 1.807) is 0 Å². The van der Waals surface area contributed by atoms with E-state index in [0.717, 1.165) is 16.8 Å². The van der Waals surface area contributed by atoms with Crippen molar-refractivity contribution in [2.75, 3.05) is 6.54 Å². The molecule has 2 heterocycles. The molecule has 2 aliphatic rings. The molecule has 0 N–H and O–H groups in total. The van der Waals surface area contributed by atoms with E-state index in [9.17, 15) is 0 Å². The van der Waals surface area contributed by atoms with E-state index in [2.05, 4.69) is 9.88 Å². The van der Waals surface area contributed by atoms with Gasteiger partial charge in [0, 0.05) is 12.2 Å². The van der Waals surface area contributed by atoms with Crippen LogP contribution in [0.2, 0.25) is 5.02 Å². The molecule has 1 aliphatic carbocycles. The number of aromatic nitrogens is 1. The lowest BCUT2D eigenvalue weighted by molar-refractivity contribution is 0.120. The van der Waals surface area contributed by atoms with Gasteiger partial charge in [-0.05, 0) is 44.4 Å². The number of hydrogen-bond donors (Lipinski definition) is 0. The highest BCUT2D eigenvalue weighted by Crippen LogP contribution is 2.36. The van der Waals surface area contributed by atoms with E-state index < -0.39 is 0 Å². The Morgan fingerprint density at radius 1 is 0.952 bits per heavy atom. The number of likely N-dealkylation sites (tertiary alicyclic amines) is 1. The van der Waals surface area contributed by atoms with E-state index >= 15 is 0 Å². The van der Waals surface area contributed by atoms with Crippen molar-refractivity contribution < 1.29 is 0 Å². The average molecular weight is 307 g/mol. The molecule has 2 nitrogen and oxygen atoms in total. The van der Waals surface area contributed by atoms with Crippen molar-refractivity contribution in [1.82, 2.24) is 9.88 Å². The summed E-state index contributed by atoms with van der Waals surface area (Å²) < 4.78 is 0. The van der Waals surface area contributed by atoms with E-state index in [1.807, 2.05) is 18.3 Å². The van der Waals surface area contributed by atoms with Crippen LogP contribution in [0.1, 0.15) is 75.9 Å². The Bertz CT molecular complexity index is 441. The molecule has 1 saturated carbocycles. The Morgan fingerprint density at radius 2 is 1.67 bits per heavy atom. The van der Waals surface area contributed by atoms with Gasteiger partial charge in [0.25, 0.3) is 0 Å². The summed E-state index contributed by atoms with van der Waals surface area (Å²) in [5.74, 6) is 0. The lowest BCUT2D eigenvalue weighted by atomic mass is 10.0. The van der Waals surface area contributed by atoms with Crippen LogP contribution in [0.5, 0.6) is 0 Å². The second-order valence-electron chi connectivity index (χ2n) is 6.62. The first-order valence-corrected chi connectivity index (χ1v) is 9.10. The van der Waals surface area contributed by atoms with Gasteiger partial charge < -0.3 is 0 Å². The van der Waals surface area contributed by atoms with Crippen molar-refractivity contribution in [2.45, 2.75) is 76.3 Å². The van der Waals surface area contributed by atoms with Crippen molar-refractivity contribution in [3.05, 3.63) is 29.0 Å². The number of halogens is 1. The number of hydrogen-bond acceptors (Lipinski definition) is 2. The fourth-order valence-corrected chi connectivity index (χ4v) is 4.34. The van der Waals surface area contributed by atoms with E-state index in [-0.39, 0.29) is 0 Å². The van der Waals surface area contributed by atoms with E-state index in [4.69, 9.17) is 11.6 Å². The summed E-state index contributed by atoms with van der Waals surface area (Å²) >= 11 is 6.46. The molecular formula is C18H27ClN2. The van der Waals surface area contributed by atoms with Gasteiger partial charge in [-0.25, -0.2) is 0 Å². The van der Waals surface area contributed by atoms with Crippen molar-refractivity contribution >= 4 is 11.6 Å². The van der Waals surface area contributed by atoms with Gasteiger partial charge in [0.05, 0.1) is 16.8 Å². The Hall–Kier alpha value is -0.600. The second kappa shape index (κ2) is 7.60. The quantitative estimate of drug-likeness (QED) is 0.682. The second-order valence-corrected chi connectivity index (χ2v) is 7.03. The van der Waals surface area contributed by atoms with Crippen LogP contribution < -0.4 is 0 Å². The van der Waals surface area contributed by atoms with Crippen LogP contribution in [0, 0.1) is 0 Å². The fourth-order valence-electron chi connectivity index (χ4n) is 4.09. The molecule has 1 atom stereocenters. The zero-order chi connectivity index (χ0) is 14.5. The van der Waals surface area contributed by atoms with Crippen LogP contribution in [0.25, 0.3) is 0 Å².